The predicted octanol–water partition coefficient (Wildman–Crippen LogP) is 6.71. The van der Waals surface area contributed by atoms with Crippen molar-refractivity contribution in [2.24, 2.45) is 0 Å². The van der Waals surface area contributed by atoms with Crippen LogP contribution in [0, 0.1) is 11.3 Å². The number of anilines is 2. The first-order chi connectivity index (χ1) is 22.3. The van der Waals surface area contributed by atoms with E-state index in [0.29, 0.717) is 0 Å². The molecule has 13 heteroatoms. The SMILES string of the molecule is CC(=O)Nc1ccc(-c2cc3c(C(=O)Nc4ccc(C#N)cc4C(=O)C(O)c4ccccc4)noc3cc2C(C)=O)c(C(F)(F)F)c1. The number of benzene rings is 4. The number of rotatable bonds is 8. The lowest BCUT2D eigenvalue weighted by atomic mass is 9.91. The van der Waals surface area contributed by atoms with Crippen molar-refractivity contribution in [1.82, 2.24) is 5.16 Å². The Kier molecular flexibility index (Phi) is 8.72. The first kappa shape index (κ1) is 32.3. The molecule has 2 amide bonds. The largest absolute Gasteiger partial charge is 0.417 e. The molecule has 0 spiro atoms. The highest BCUT2D eigenvalue weighted by atomic mass is 19.4. The van der Waals surface area contributed by atoms with Crippen LogP contribution in [0.5, 0.6) is 0 Å². The Balaban J connectivity index is 1.59. The van der Waals surface area contributed by atoms with Crippen LogP contribution in [0.25, 0.3) is 22.1 Å². The number of aliphatic hydroxyl groups excluding tert-OH is 1. The van der Waals surface area contributed by atoms with Crippen LogP contribution < -0.4 is 10.6 Å². The first-order valence-electron chi connectivity index (χ1n) is 13.8. The van der Waals surface area contributed by atoms with E-state index in [2.05, 4.69) is 15.8 Å². The van der Waals surface area contributed by atoms with Gasteiger partial charge >= 0.3 is 6.18 Å². The Labute approximate surface area is 264 Å². The Morgan fingerprint density at radius 1 is 0.894 bits per heavy atom. The van der Waals surface area contributed by atoms with E-state index >= 15 is 0 Å². The van der Waals surface area contributed by atoms with Gasteiger partial charge < -0.3 is 20.3 Å². The van der Waals surface area contributed by atoms with E-state index in [1.807, 2.05) is 6.07 Å². The summed E-state index contributed by atoms with van der Waals surface area (Å²) >= 11 is 0. The molecule has 5 rings (SSSR count). The smallest absolute Gasteiger partial charge is 0.380 e. The van der Waals surface area contributed by atoms with E-state index < -0.39 is 46.8 Å². The Morgan fingerprint density at radius 2 is 1.62 bits per heavy atom. The van der Waals surface area contributed by atoms with E-state index in [4.69, 9.17) is 4.52 Å². The van der Waals surface area contributed by atoms with Gasteiger partial charge in [-0.25, -0.2) is 0 Å². The molecular formula is C34H23F3N4O6. The van der Waals surface area contributed by atoms with Crippen molar-refractivity contribution in [3.63, 3.8) is 0 Å². The maximum absolute atomic E-state index is 14.3. The van der Waals surface area contributed by atoms with Crippen molar-refractivity contribution < 1.29 is 42.0 Å². The zero-order valence-corrected chi connectivity index (χ0v) is 24.6. The zero-order chi connectivity index (χ0) is 34.0. The summed E-state index contributed by atoms with van der Waals surface area (Å²) in [5.74, 6) is -2.93. The highest BCUT2D eigenvalue weighted by molar-refractivity contribution is 6.15. The number of Topliss-reactive ketones (excluding diaryl/α,β-unsaturated/α-hetero) is 2. The zero-order valence-electron chi connectivity index (χ0n) is 24.6. The fourth-order valence-corrected chi connectivity index (χ4v) is 5.00. The number of hydrogen-bond acceptors (Lipinski definition) is 8. The number of nitriles is 1. The Bertz CT molecular complexity index is 2120. The van der Waals surface area contributed by atoms with Crippen molar-refractivity contribution >= 4 is 45.7 Å². The summed E-state index contributed by atoms with van der Waals surface area (Å²) in [6.07, 6.45) is -6.52. The summed E-state index contributed by atoms with van der Waals surface area (Å²) in [5, 5.41) is 28.7. The normalized spacial score (nSPS) is 11.9. The Morgan fingerprint density at radius 3 is 2.26 bits per heavy atom. The molecule has 0 saturated heterocycles. The van der Waals surface area contributed by atoms with Gasteiger partial charge in [0.25, 0.3) is 5.91 Å². The van der Waals surface area contributed by atoms with Gasteiger partial charge in [-0.1, -0.05) is 41.6 Å². The van der Waals surface area contributed by atoms with Gasteiger partial charge in [0.15, 0.2) is 22.8 Å². The second-order valence-corrected chi connectivity index (χ2v) is 10.4. The second-order valence-electron chi connectivity index (χ2n) is 10.4. The summed E-state index contributed by atoms with van der Waals surface area (Å²) < 4.78 is 48.0. The molecule has 4 aromatic carbocycles. The molecule has 0 bridgehead atoms. The van der Waals surface area contributed by atoms with Gasteiger partial charge in [-0.2, -0.15) is 18.4 Å². The molecule has 0 aliphatic carbocycles. The van der Waals surface area contributed by atoms with Gasteiger partial charge in [0.2, 0.25) is 5.91 Å². The number of ketones is 2. The van der Waals surface area contributed by atoms with Crippen molar-refractivity contribution in [2.45, 2.75) is 26.1 Å². The molecule has 1 aromatic heterocycles. The maximum Gasteiger partial charge on any atom is 0.417 e. The summed E-state index contributed by atoms with van der Waals surface area (Å²) in [6.45, 7) is 2.30. The van der Waals surface area contributed by atoms with Crippen molar-refractivity contribution in [1.29, 1.82) is 5.26 Å². The van der Waals surface area contributed by atoms with Crippen LogP contribution in [0.4, 0.5) is 24.5 Å². The van der Waals surface area contributed by atoms with Crippen LogP contribution >= 0.6 is 0 Å². The number of carbonyl (C=O) groups excluding carboxylic acids is 4. The van der Waals surface area contributed by atoms with Crippen LogP contribution in [0.3, 0.4) is 0 Å². The number of aliphatic hydroxyl groups is 1. The van der Waals surface area contributed by atoms with Crippen molar-refractivity contribution in [3.05, 3.63) is 112 Å². The highest BCUT2D eigenvalue weighted by Crippen LogP contribution is 2.41. The van der Waals surface area contributed by atoms with E-state index in [1.165, 1.54) is 48.5 Å². The molecule has 1 atom stereocenters. The molecule has 0 saturated carbocycles. The molecule has 1 heterocycles. The van der Waals surface area contributed by atoms with Gasteiger partial charge in [-0.15, -0.1) is 0 Å². The van der Waals surface area contributed by atoms with E-state index in [0.717, 1.165) is 26.0 Å². The number of halogens is 3. The predicted molar refractivity (Wildman–Crippen MR) is 164 cm³/mol. The van der Waals surface area contributed by atoms with Gasteiger partial charge in [0, 0.05) is 23.7 Å². The number of nitrogens with one attached hydrogen (secondary N) is 2. The van der Waals surface area contributed by atoms with E-state index in [1.54, 1.807) is 18.2 Å². The molecule has 0 aliphatic heterocycles. The fourth-order valence-electron chi connectivity index (χ4n) is 5.00. The van der Waals surface area contributed by atoms with Crippen molar-refractivity contribution in [3.8, 4) is 17.2 Å². The number of fused-ring (bicyclic) bond motifs is 1. The van der Waals surface area contributed by atoms with Crippen LogP contribution in [0.15, 0.2) is 83.4 Å². The van der Waals surface area contributed by atoms with E-state index in [-0.39, 0.29) is 55.9 Å². The molecule has 1 unspecified atom stereocenters. The Hall–Kier alpha value is -6.13. The lowest BCUT2D eigenvalue weighted by molar-refractivity contribution is -0.137. The minimum atomic E-state index is -4.90. The molecule has 236 valence electrons. The molecule has 3 N–H and O–H groups in total. The van der Waals surface area contributed by atoms with Gasteiger partial charge in [0.1, 0.15) is 6.10 Å². The molecular weight excluding hydrogens is 617 g/mol. The molecule has 5 aromatic rings. The van der Waals surface area contributed by atoms with Gasteiger partial charge in [-0.3, -0.25) is 19.2 Å². The quantitative estimate of drug-likeness (QED) is 0.158. The topological polar surface area (TPSA) is 162 Å². The summed E-state index contributed by atoms with van der Waals surface area (Å²) in [5.41, 5.74) is -2.37. The van der Waals surface area contributed by atoms with Gasteiger partial charge in [-0.05, 0) is 66.1 Å². The lowest BCUT2D eigenvalue weighted by Crippen LogP contribution is -2.19. The average Bonchev–Trinajstić information content (AvgIpc) is 3.46. The van der Waals surface area contributed by atoms with Crippen LogP contribution in [-0.2, 0) is 11.0 Å². The molecule has 0 radical (unpaired) electrons. The first-order valence-corrected chi connectivity index (χ1v) is 13.8. The van der Waals surface area contributed by atoms with Crippen LogP contribution in [-0.4, -0.2) is 33.6 Å². The second kappa shape index (κ2) is 12.7. The lowest BCUT2D eigenvalue weighted by Gasteiger charge is -2.17. The third-order valence-corrected chi connectivity index (χ3v) is 7.17. The minimum Gasteiger partial charge on any atom is -0.380 e. The third kappa shape index (κ3) is 6.63. The minimum absolute atomic E-state index is 0.0487. The molecule has 10 nitrogen and oxygen atoms in total. The number of nitrogens with zero attached hydrogens (tertiary/aromatic N) is 2. The summed E-state index contributed by atoms with van der Waals surface area (Å²) in [4.78, 5) is 50.9. The van der Waals surface area contributed by atoms with Crippen LogP contribution in [0.2, 0.25) is 0 Å². The number of carbonyl (C=O) groups is 4. The van der Waals surface area contributed by atoms with Crippen LogP contribution in [0.1, 0.15) is 67.8 Å². The number of alkyl halides is 3. The number of amides is 2. The van der Waals surface area contributed by atoms with Gasteiger partial charge in [0.05, 0.1) is 28.3 Å². The highest BCUT2D eigenvalue weighted by Gasteiger charge is 2.35. The molecule has 0 aliphatic rings. The molecule has 0 fully saturated rings. The van der Waals surface area contributed by atoms with E-state index in [9.17, 15) is 42.7 Å². The standard InChI is InChI=1S/C34H23F3N4O6/c1-17(42)23-15-29-26(14-24(23)22-10-9-21(39-18(2)43)13-27(22)34(35,36)37)30(41-47-29)33(46)40-28-11-8-19(16-38)12-25(28)32(45)31(44)20-6-4-3-5-7-20/h3-15,31,44H,1-2H3,(H,39,43)(H,40,46). The third-order valence-electron chi connectivity index (χ3n) is 7.17. The monoisotopic (exact) mass is 640 g/mol. The summed E-state index contributed by atoms with van der Waals surface area (Å²) in [6, 6.07) is 19.1. The number of aromatic nitrogens is 1. The fraction of sp³-hybridized carbons (Fsp3) is 0.118. The summed E-state index contributed by atoms with van der Waals surface area (Å²) in [7, 11) is 0. The van der Waals surface area contributed by atoms with Crippen molar-refractivity contribution in [2.75, 3.05) is 10.6 Å². The average molecular weight is 641 g/mol. The molecule has 47 heavy (non-hydrogen) atoms. The maximum atomic E-state index is 14.3. The number of hydrogen-bond donors (Lipinski definition) is 3.